The van der Waals surface area contributed by atoms with Crippen molar-refractivity contribution in [2.45, 2.75) is 32.6 Å². The smallest absolute Gasteiger partial charge is 0.242 e. The summed E-state index contributed by atoms with van der Waals surface area (Å²) in [5.41, 5.74) is 4.11. The van der Waals surface area contributed by atoms with Gasteiger partial charge in [0.15, 0.2) is 0 Å². The van der Waals surface area contributed by atoms with Gasteiger partial charge in [-0.3, -0.25) is 0 Å². The molecular formula is C16H19NO2S. The quantitative estimate of drug-likeness (QED) is 0.866. The summed E-state index contributed by atoms with van der Waals surface area (Å²) in [5, 5.41) is 0. The first-order valence-electron chi connectivity index (χ1n) is 6.43. The molecule has 2 aromatic rings. The number of nitrogens with zero attached hydrogens (tertiary/aromatic N) is 1. The Bertz CT molecular complexity index is 760. The average Bonchev–Trinajstić information content (AvgIpc) is 2.69. The fourth-order valence-electron chi connectivity index (χ4n) is 2.65. The molecule has 1 aromatic heterocycles. The summed E-state index contributed by atoms with van der Waals surface area (Å²) < 4.78 is 27.1. The van der Waals surface area contributed by atoms with Crippen molar-refractivity contribution >= 4 is 16.1 Å². The Morgan fingerprint density at radius 3 is 2.10 bits per heavy atom. The van der Waals surface area contributed by atoms with E-state index in [4.69, 9.17) is 0 Å². The molecule has 1 aromatic carbocycles. The fourth-order valence-corrected chi connectivity index (χ4v) is 4.48. The molecule has 0 saturated heterocycles. The molecule has 0 aliphatic rings. The number of aryl methyl sites for hydroxylation is 4. The van der Waals surface area contributed by atoms with Gasteiger partial charge in [-0.15, -0.1) is 0 Å². The van der Waals surface area contributed by atoms with E-state index in [1.807, 2.05) is 39.8 Å². The van der Waals surface area contributed by atoms with Crippen molar-refractivity contribution in [3.63, 3.8) is 0 Å². The summed E-state index contributed by atoms with van der Waals surface area (Å²) in [6, 6.07) is 5.57. The van der Waals surface area contributed by atoms with Gasteiger partial charge in [0.2, 0.25) is 0 Å². The Morgan fingerprint density at radius 1 is 1.05 bits per heavy atom. The maximum absolute atomic E-state index is 12.9. The number of hydrogen-bond acceptors (Lipinski definition) is 2. The van der Waals surface area contributed by atoms with E-state index in [9.17, 15) is 8.42 Å². The van der Waals surface area contributed by atoms with Crippen LogP contribution in [-0.2, 0) is 10.0 Å². The van der Waals surface area contributed by atoms with E-state index >= 15 is 0 Å². The lowest BCUT2D eigenvalue weighted by Crippen LogP contribution is -2.16. The van der Waals surface area contributed by atoms with E-state index in [0.717, 1.165) is 22.3 Å². The van der Waals surface area contributed by atoms with E-state index in [0.29, 0.717) is 10.6 Å². The molecule has 0 fully saturated rings. The molecule has 0 atom stereocenters. The second-order valence-electron chi connectivity index (χ2n) is 5.12. The lowest BCUT2D eigenvalue weighted by atomic mass is 10.1. The van der Waals surface area contributed by atoms with Crippen LogP contribution in [0.4, 0.5) is 0 Å². The highest BCUT2D eigenvalue weighted by Gasteiger charge is 2.23. The molecule has 0 aliphatic carbocycles. The van der Waals surface area contributed by atoms with Crippen LogP contribution >= 0.6 is 0 Å². The zero-order valence-corrected chi connectivity index (χ0v) is 13.1. The van der Waals surface area contributed by atoms with Gasteiger partial charge in [0.1, 0.15) is 0 Å². The van der Waals surface area contributed by atoms with Crippen LogP contribution in [0, 0.1) is 27.7 Å². The molecule has 4 heteroatoms. The minimum Gasteiger partial charge on any atom is -0.242 e. The van der Waals surface area contributed by atoms with Crippen LogP contribution in [0.3, 0.4) is 0 Å². The number of aromatic nitrogens is 1. The van der Waals surface area contributed by atoms with Crippen LogP contribution in [0.5, 0.6) is 0 Å². The molecule has 0 N–H and O–H groups in total. The van der Waals surface area contributed by atoms with Crippen molar-refractivity contribution in [1.82, 2.24) is 3.97 Å². The molecule has 0 radical (unpaired) electrons. The number of hydrogen-bond donors (Lipinski definition) is 0. The minimum absolute atomic E-state index is 0.377. The summed E-state index contributed by atoms with van der Waals surface area (Å²) in [6.45, 7) is 11.2. The third-order valence-corrected chi connectivity index (χ3v) is 5.41. The van der Waals surface area contributed by atoms with Gasteiger partial charge in [-0.1, -0.05) is 24.3 Å². The number of benzene rings is 1. The van der Waals surface area contributed by atoms with Gasteiger partial charge in [0.25, 0.3) is 10.0 Å². The molecule has 2 rings (SSSR count). The Balaban J connectivity index is 2.77. The molecule has 3 nitrogen and oxygen atoms in total. The zero-order chi connectivity index (χ0) is 15.1. The summed E-state index contributed by atoms with van der Waals surface area (Å²) in [7, 11) is -3.59. The molecule has 0 unspecified atom stereocenters. The monoisotopic (exact) mass is 289 g/mol. The maximum atomic E-state index is 12.9. The molecule has 0 amide bonds. The second kappa shape index (κ2) is 4.94. The molecular weight excluding hydrogens is 270 g/mol. The van der Waals surface area contributed by atoms with Crippen molar-refractivity contribution in [2.24, 2.45) is 0 Å². The molecule has 0 aliphatic heterocycles. The van der Waals surface area contributed by atoms with Crippen molar-refractivity contribution in [3.8, 4) is 0 Å². The number of rotatable bonds is 3. The predicted octanol–water partition coefficient (Wildman–Crippen LogP) is 3.60. The Morgan fingerprint density at radius 2 is 1.60 bits per heavy atom. The van der Waals surface area contributed by atoms with Crippen molar-refractivity contribution in [3.05, 3.63) is 58.9 Å². The third kappa shape index (κ3) is 2.20. The van der Waals surface area contributed by atoms with Crippen LogP contribution in [0.1, 0.15) is 27.9 Å². The zero-order valence-electron chi connectivity index (χ0n) is 12.3. The molecule has 1 heterocycles. The van der Waals surface area contributed by atoms with Crippen LogP contribution in [0.2, 0.25) is 0 Å². The van der Waals surface area contributed by atoms with Crippen molar-refractivity contribution < 1.29 is 8.42 Å². The van der Waals surface area contributed by atoms with E-state index in [2.05, 4.69) is 6.58 Å². The summed E-state index contributed by atoms with van der Waals surface area (Å²) in [5.74, 6) is 0. The van der Waals surface area contributed by atoms with E-state index in [-0.39, 0.29) is 0 Å². The van der Waals surface area contributed by atoms with E-state index in [1.165, 1.54) is 3.97 Å². The highest BCUT2D eigenvalue weighted by molar-refractivity contribution is 7.90. The average molecular weight is 289 g/mol. The van der Waals surface area contributed by atoms with Gasteiger partial charge in [-0.2, -0.15) is 0 Å². The first kappa shape index (κ1) is 14.6. The fraction of sp³-hybridized carbons (Fsp3) is 0.250. The van der Waals surface area contributed by atoms with Crippen LogP contribution in [0.15, 0.2) is 35.9 Å². The first-order chi connectivity index (χ1) is 9.28. The van der Waals surface area contributed by atoms with Gasteiger partial charge in [-0.05, 0) is 56.5 Å². The predicted molar refractivity (Wildman–Crippen MR) is 82.5 cm³/mol. The van der Waals surface area contributed by atoms with Crippen LogP contribution in [0.25, 0.3) is 6.08 Å². The third-order valence-electron chi connectivity index (χ3n) is 3.42. The van der Waals surface area contributed by atoms with Gasteiger partial charge in [-0.25, -0.2) is 12.4 Å². The normalized spacial score (nSPS) is 11.6. The van der Waals surface area contributed by atoms with E-state index in [1.54, 1.807) is 18.3 Å². The topological polar surface area (TPSA) is 39.1 Å². The van der Waals surface area contributed by atoms with Gasteiger partial charge in [0, 0.05) is 6.20 Å². The largest absolute Gasteiger partial charge is 0.268 e. The van der Waals surface area contributed by atoms with Gasteiger partial charge in [0.05, 0.1) is 10.6 Å². The molecule has 0 bridgehead atoms. The Hall–Kier alpha value is -1.81. The minimum atomic E-state index is -3.59. The SMILES string of the molecule is C=Cc1c(C)ccn1S(=O)(=O)c1c(C)cc(C)cc1C. The first-order valence-corrected chi connectivity index (χ1v) is 7.87. The second-order valence-corrected chi connectivity index (χ2v) is 6.87. The van der Waals surface area contributed by atoms with Crippen LogP contribution in [-0.4, -0.2) is 12.4 Å². The standard InChI is InChI=1S/C16H19NO2S/c1-6-15-12(3)7-8-17(15)20(18,19)16-13(4)9-11(2)10-14(16)5/h6-10H,1H2,2-5H3. The maximum Gasteiger partial charge on any atom is 0.268 e. The van der Waals surface area contributed by atoms with E-state index < -0.39 is 10.0 Å². The van der Waals surface area contributed by atoms with Gasteiger partial charge >= 0.3 is 0 Å². The Labute approximate surface area is 120 Å². The molecule has 0 saturated carbocycles. The summed E-state index contributed by atoms with van der Waals surface area (Å²) in [6.07, 6.45) is 3.16. The summed E-state index contributed by atoms with van der Waals surface area (Å²) >= 11 is 0. The lowest BCUT2D eigenvalue weighted by Gasteiger charge is -2.14. The Kier molecular flexibility index (Phi) is 3.61. The highest BCUT2D eigenvalue weighted by Crippen LogP contribution is 2.26. The van der Waals surface area contributed by atoms with Crippen molar-refractivity contribution in [2.75, 3.05) is 0 Å². The van der Waals surface area contributed by atoms with Crippen LogP contribution < -0.4 is 0 Å². The van der Waals surface area contributed by atoms with Gasteiger partial charge < -0.3 is 0 Å². The molecule has 0 spiro atoms. The van der Waals surface area contributed by atoms with Crippen molar-refractivity contribution in [1.29, 1.82) is 0 Å². The molecule has 20 heavy (non-hydrogen) atoms. The highest BCUT2D eigenvalue weighted by atomic mass is 32.2. The molecule has 106 valence electrons. The summed E-state index contributed by atoms with van der Waals surface area (Å²) in [4.78, 5) is 0.377. The lowest BCUT2D eigenvalue weighted by molar-refractivity contribution is 0.586.